The Morgan fingerprint density at radius 2 is 1.15 bits per heavy atom. The summed E-state index contributed by atoms with van der Waals surface area (Å²) in [7, 11) is 0. The van der Waals surface area contributed by atoms with Crippen molar-refractivity contribution < 1.29 is 62.2 Å². The second-order valence-corrected chi connectivity index (χ2v) is 5.97. The van der Waals surface area contributed by atoms with E-state index in [2.05, 4.69) is 18.9 Å². The molecule has 39 heavy (non-hydrogen) atoms. The molecule has 0 aromatic carbocycles. The topological polar surface area (TPSA) is 219 Å². The van der Waals surface area contributed by atoms with Gasteiger partial charge in [0.15, 0.2) is 6.26 Å². The first-order valence-corrected chi connectivity index (χ1v) is 11.7. The van der Waals surface area contributed by atoms with Crippen LogP contribution in [0.2, 0.25) is 0 Å². The molecule has 0 saturated heterocycles. The lowest BCUT2D eigenvalue weighted by Gasteiger charge is -2.15. The minimum Gasteiger partial charge on any atom is -0.494 e. The molecule has 17 nitrogen and oxygen atoms in total. The summed E-state index contributed by atoms with van der Waals surface area (Å²) in [4.78, 5) is 59.0. The number of ether oxygens (including phenoxy) is 7. The highest BCUT2D eigenvalue weighted by molar-refractivity contribution is 5.85. The summed E-state index contributed by atoms with van der Waals surface area (Å²) in [6.07, 6.45) is 0.790. The fourth-order valence-electron chi connectivity index (χ4n) is 1.60. The Hall–Kier alpha value is -3.70. The number of carbonyl (C=O) groups excluding carboxylic acids is 4. The number of esters is 4. The Morgan fingerprint density at radius 3 is 1.41 bits per heavy atom. The van der Waals surface area contributed by atoms with E-state index in [1.54, 1.807) is 20.8 Å². The third-order valence-electron chi connectivity index (χ3n) is 2.80. The van der Waals surface area contributed by atoms with Gasteiger partial charge in [-0.2, -0.15) is 0 Å². The van der Waals surface area contributed by atoms with Crippen LogP contribution in [0.15, 0.2) is 12.0 Å². The largest absolute Gasteiger partial charge is 0.494 e. The van der Waals surface area contributed by atoms with Crippen LogP contribution >= 0.6 is 0 Å². The van der Waals surface area contributed by atoms with Crippen LogP contribution in [0.1, 0.15) is 55.4 Å². The fraction of sp³-hybridized carbons (Fsp3) is 0.727. The molecule has 0 radical (unpaired) electrons. The highest BCUT2D eigenvalue weighted by Gasteiger charge is 2.23. The molecule has 17 heteroatoms. The van der Waals surface area contributed by atoms with Crippen molar-refractivity contribution in [3.63, 3.8) is 0 Å². The highest BCUT2D eigenvalue weighted by Crippen LogP contribution is 1.99. The minimum absolute atomic E-state index is 0.0934. The first-order valence-electron chi connectivity index (χ1n) is 11.7. The SMILES string of the molecule is CC(=O)OC(C)=O.CCO/C=C(/C(=O)OCC)[N+](=O)[O-].CCOC(=O)C[N+](=O)[O-].CCOC(OCC)OCC. The summed E-state index contributed by atoms with van der Waals surface area (Å²) >= 11 is 0. The molecule has 0 aromatic rings. The number of hydrogen-bond acceptors (Lipinski definition) is 15. The van der Waals surface area contributed by atoms with Crippen LogP contribution in [0.25, 0.3) is 0 Å². The summed E-state index contributed by atoms with van der Waals surface area (Å²) < 4.78 is 32.5. The first kappa shape index (κ1) is 42.4. The van der Waals surface area contributed by atoms with Gasteiger partial charge in [-0.1, -0.05) is 0 Å². The molecular formula is C22H40N2O15. The molecule has 0 fully saturated rings. The van der Waals surface area contributed by atoms with Gasteiger partial charge in [-0.3, -0.25) is 29.8 Å². The van der Waals surface area contributed by atoms with Crippen molar-refractivity contribution in [1.82, 2.24) is 0 Å². The van der Waals surface area contributed by atoms with Gasteiger partial charge in [-0.05, 0) is 41.5 Å². The molecule has 0 spiro atoms. The zero-order chi connectivity index (χ0) is 31.2. The van der Waals surface area contributed by atoms with E-state index in [1.165, 1.54) is 13.8 Å². The standard InChI is InChI=1S/C7H11NO5.C7H16O3.C4H7NO4.C4H6O3/c1-3-12-5-6(8(10)11)7(9)13-4-2;1-4-8-7(9-5-2)10-6-3;1-2-9-4(6)3-5(7)8;1-3(5)7-4(2)6/h5H,3-4H2,1-2H3;7H,4-6H2,1-3H3;2-3H2,1H3;1-2H3/b6-5-;;;. The van der Waals surface area contributed by atoms with E-state index in [0.29, 0.717) is 19.8 Å². The van der Waals surface area contributed by atoms with Gasteiger partial charge in [0.1, 0.15) is 0 Å². The van der Waals surface area contributed by atoms with Gasteiger partial charge in [0.2, 0.25) is 0 Å². The number of nitrogens with zero attached hydrogens (tertiary/aromatic N) is 2. The summed E-state index contributed by atoms with van der Waals surface area (Å²) in [5.74, 6) is -2.90. The van der Waals surface area contributed by atoms with Crippen molar-refractivity contribution in [2.24, 2.45) is 0 Å². The Kier molecular flexibility index (Phi) is 33.2. The molecule has 0 aliphatic carbocycles. The first-order chi connectivity index (χ1) is 18.3. The zero-order valence-corrected chi connectivity index (χ0v) is 23.6. The molecule has 0 aromatic heterocycles. The minimum atomic E-state index is -0.985. The summed E-state index contributed by atoms with van der Waals surface area (Å²) in [5, 5.41) is 19.9. The average molecular weight is 573 g/mol. The lowest BCUT2D eigenvalue weighted by Crippen LogP contribution is -2.20. The van der Waals surface area contributed by atoms with Crippen molar-refractivity contribution in [2.45, 2.75) is 61.9 Å². The smallest absolute Gasteiger partial charge is 0.413 e. The molecule has 0 heterocycles. The maximum Gasteiger partial charge on any atom is 0.413 e. The van der Waals surface area contributed by atoms with E-state index in [-0.39, 0.29) is 19.8 Å². The van der Waals surface area contributed by atoms with Crippen LogP contribution in [-0.4, -0.2) is 86.4 Å². The van der Waals surface area contributed by atoms with Crippen LogP contribution in [-0.2, 0) is 52.3 Å². The van der Waals surface area contributed by atoms with Crippen molar-refractivity contribution >= 4 is 23.9 Å². The number of nitro groups is 2. The van der Waals surface area contributed by atoms with E-state index in [4.69, 9.17) is 14.2 Å². The Labute approximate surface area is 226 Å². The second kappa shape index (κ2) is 30.5. The van der Waals surface area contributed by atoms with Crippen LogP contribution in [0.5, 0.6) is 0 Å². The Bertz CT molecular complexity index is 715. The summed E-state index contributed by atoms with van der Waals surface area (Å²) in [5.41, 5.74) is -0.691. The van der Waals surface area contributed by atoms with Crippen molar-refractivity contribution in [1.29, 1.82) is 0 Å². The number of rotatable bonds is 14. The highest BCUT2D eigenvalue weighted by atomic mass is 16.8. The van der Waals surface area contributed by atoms with Crippen LogP contribution < -0.4 is 0 Å². The maximum atomic E-state index is 10.9. The maximum absolute atomic E-state index is 10.9. The molecule has 0 aliphatic rings. The third kappa shape index (κ3) is 36.5. The van der Waals surface area contributed by atoms with Gasteiger partial charge < -0.3 is 33.2 Å². The molecule has 0 N–H and O–H groups in total. The van der Waals surface area contributed by atoms with Gasteiger partial charge in [-0.15, -0.1) is 0 Å². The molecule has 0 rings (SSSR count). The monoisotopic (exact) mass is 572 g/mol. The molecule has 0 bridgehead atoms. The molecule has 0 amide bonds. The third-order valence-corrected chi connectivity index (χ3v) is 2.80. The Balaban J connectivity index is -0.000000215. The predicted molar refractivity (Wildman–Crippen MR) is 133 cm³/mol. The quantitative estimate of drug-likeness (QED) is 0.0424. The fourth-order valence-corrected chi connectivity index (χ4v) is 1.60. The summed E-state index contributed by atoms with van der Waals surface area (Å²) in [6, 6.07) is 0. The van der Waals surface area contributed by atoms with Crippen LogP contribution in [0, 0.1) is 20.2 Å². The molecule has 0 saturated carbocycles. The molecule has 0 aliphatic heterocycles. The van der Waals surface area contributed by atoms with E-state index < -0.39 is 52.4 Å². The van der Waals surface area contributed by atoms with E-state index in [1.807, 2.05) is 20.8 Å². The molecule has 0 atom stereocenters. The van der Waals surface area contributed by atoms with Crippen LogP contribution in [0.4, 0.5) is 0 Å². The molecular weight excluding hydrogens is 532 g/mol. The zero-order valence-electron chi connectivity index (χ0n) is 23.6. The Morgan fingerprint density at radius 1 is 0.718 bits per heavy atom. The lowest BCUT2D eigenvalue weighted by atomic mass is 10.5. The second-order valence-electron chi connectivity index (χ2n) is 5.97. The van der Waals surface area contributed by atoms with Crippen LogP contribution in [0.3, 0.4) is 0 Å². The van der Waals surface area contributed by atoms with Gasteiger partial charge in [0.25, 0.3) is 13.0 Å². The average Bonchev–Trinajstić information content (AvgIpc) is 2.80. The van der Waals surface area contributed by atoms with E-state index in [0.717, 1.165) is 6.26 Å². The van der Waals surface area contributed by atoms with Crippen molar-refractivity contribution in [2.75, 3.05) is 46.2 Å². The summed E-state index contributed by atoms with van der Waals surface area (Å²) in [6.45, 7) is 14.1. The van der Waals surface area contributed by atoms with E-state index in [9.17, 15) is 39.4 Å². The van der Waals surface area contributed by atoms with Crippen molar-refractivity contribution in [3.05, 3.63) is 32.2 Å². The van der Waals surface area contributed by atoms with Gasteiger partial charge in [0, 0.05) is 38.6 Å². The normalized spacial score (nSPS) is 9.72. The van der Waals surface area contributed by atoms with Crippen molar-refractivity contribution in [3.8, 4) is 0 Å². The van der Waals surface area contributed by atoms with Gasteiger partial charge in [0.05, 0.1) is 24.7 Å². The van der Waals surface area contributed by atoms with E-state index >= 15 is 0 Å². The molecule has 228 valence electrons. The number of hydrogen-bond donors (Lipinski definition) is 0. The predicted octanol–water partition coefficient (Wildman–Crippen LogP) is 2.01. The number of carbonyl (C=O) groups is 4. The van der Waals surface area contributed by atoms with Gasteiger partial charge >= 0.3 is 29.6 Å². The lowest BCUT2D eigenvalue weighted by molar-refractivity contribution is -0.470. The van der Waals surface area contributed by atoms with Gasteiger partial charge in [-0.25, -0.2) is 9.59 Å². The molecule has 0 unspecified atom stereocenters.